The van der Waals surface area contributed by atoms with Crippen LogP contribution in [0.25, 0.3) is 0 Å². The molecule has 1 aliphatic rings. The molecule has 2 atom stereocenters. The van der Waals surface area contributed by atoms with Crippen molar-refractivity contribution in [2.75, 3.05) is 13.7 Å². The van der Waals surface area contributed by atoms with Crippen LogP contribution in [0, 0.1) is 5.92 Å². The number of carbonyl (C=O) groups is 2. The van der Waals surface area contributed by atoms with Gasteiger partial charge in [-0.05, 0) is 25.3 Å². The van der Waals surface area contributed by atoms with E-state index < -0.39 is 17.4 Å². The number of hydrogen-bond donors (Lipinski definition) is 1. The Morgan fingerprint density at radius 3 is 2.68 bits per heavy atom. The summed E-state index contributed by atoms with van der Waals surface area (Å²) in [5.74, 6) is -1.46. The standard InChI is InChI=1S/C17H24O5/c1-5-6-7-8-9-17(3)15(18)14(16(19)20)13(22-17)10-12(2)11-21-4/h6-9,12H,5,10-11H2,1-4H3,(H,19,20)/b7-6+,9-8+/t12?,17-/m1/s1. The highest BCUT2D eigenvalue weighted by molar-refractivity contribution is 6.22. The van der Waals surface area contributed by atoms with E-state index in [1.165, 1.54) is 0 Å². The molecule has 5 nitrogen and oxygen atoms in total. The average molecular weight is 308 g/mol. The van der Waals surface area contributed by atoms with Crippen molar-refractivity contribution in [1.82, 2.24) is 0 Å². The van der Waals surface area contributed by atoms with Crippen molar-refractivity contribution < 1.29 is 24.2 Å². The van der Waals surface area contributed by atoms with Gasteiger partial charge in [0.15, 0.2) is 5.60 Å². The van der Waals surface area contributed by atoms with Gasteiger partial charge in [0.05, 0.1) is 0 Å². The van der Waals surface area contributed by atoms with Gasteiger partial charge in [-0.1, -0.05) is 32.1 Å². The summed E-state index contributed by atoms with van der Waals surface area (Å²) < 4.78 is 10.8. The van der Waals surface area contributed by atoms with Crippen LogP contribution in [0.2, 0.25) is 0 Å². The second kappa shape index (κ2) is 7.94. The Kier molecular flexibility index (Phi) is 6.56. The number of rotatable bonds is 8. The molecule has 0 spiro atoms. The molecule has 1 heterocycles. The number of carboxylic acid groups (broad SMARTS) is 1. The molecule has 0 aromatic rings. The lowest BCUT2D eigenvalue weighted by atomic mass is 9.95. The van der Waals surface area contributed by atoms with E-state index in [-0.39, 0.29) is 17.3 Å². The molecule has 1 rings (SSSR count). The third-order valence-electron chi connectivity index (χ3n) is 3.39. The van der Waals surface area contributed by atoms with Gasteiger partial charge in [-0.3, -0.25) is 4.79 Å². The van der Waals surface area contributed by atoms with Crippen LogP contribution in [0.1, 0.15) is 33.6 Å². The van der Waals surface area contributed by atoms with Gasteiger partial charge in [-0.25, -0.2) is 4.79 Å². The van der Waals surface area contributed by atoms with Gasteiger partial charge in [0.1, 0.15) is 11.3 Å². The Hall–Kier alpha value is -1.88. The molecule has 5 heteroatoms. The molecule has 122 valence electrons. The summed E-state index contributed by atoms with van der Waals surface area (Å²) in [5.41, 5.74) is -1.51. The lowest BCUT2D eigenvalue weighted by Crippen LogP contribution is -2.32. The molecule has 0 aliphatic carbocycles. The van der Waals surface area contributed by atoms with Crippen LogP contribution < -0.4 is 0 Å². The lowest BCUT2D eigenvalue weighted by molar-refractivity contribution is -0.135. The van der Waals surface area contributed by atoms with Crippen molar-refractivity contribution in [2.24, 2.45) is 5.92 Å². The van der Waals surface area contributed by atoms with Crippen LogP contribution in [-0.4, -0.2) is 36.2 Å². The minimum Gasteiger partial charge on any atom is -0.479 e. The molecule has 1 aliphatic heterocycles. The van der Waals surface area contributed by atoms with Crippen LogP contribution in [0.3, 0.4) is 0 Å². The molecule has 0 fully saturated rings. The van der Waals surface area contributed by atoms with Crippen LogP contribution >= 0.6 is 0 Å². The zero-order valence-corrected chi connectivity index (χ0v) is 13.6. The SMILES string of the molecule is CC/C=C/C=C/[C@@]1(C)OC(CC(C)COC)=C(C(=O)O)C1=O. The third-order valence-corrected chi connectivity index (χ3v) is 3.39. The number of methoxy groups -OCH3 is 1. The first kappa shape index (κ1) is 18.2. The maximum absolute atomic E-state index is 12.4. The Morgan fingerprint density at radius 1 is 1.45 bits per heavy atom. The van der Waals surface area contributed by atoms with Gasteiger partial charge in [-0.15, -0.1) is 0 Å². The van der Waals surface area contributed by atoms with E-state index in [1.807, 2.05) is 26.0 Å². The van der Waals surface area contributed by atoms with Crippen molar-refractivity contribution in [2.45, 2.75) is 39.2 Å². The van der Waals surface area contributed by atoms with E-state index in [2.05, 4.69) is 0 Å². The Balaban J connectivity index is 2.99. The smallest absolute Gasteiger partial charge is 0.342 e. The minimum absolute atomic E-state index is 0.0634. The minimum atomic E-state index is -1.26. The summed E-state index contributed by atoms with van der Waals surface area (Å²) in [7, 11) is 1.58. The first-order chi connectivity index (χ1) is 10.4. The fraction of sp³-hybridized carbons (Fsp3) is 0.529. The number of hydrogen-bond acceptors (Lipinski definition) is 4. The number of Topliss-reactive ketones (excluding diaryl/α,β-unsaturated/α-hetero) is 1. The topological polar surface area (TPSA) is 72.8 Å². The summed E-state index contributed by atoms with van der Waals surface area (Å²) in [6.07, 6.45) is 8.30. The summed E-state index contributed by atoms with van der Waals surface area (Å²) in [5, 5.41) is 9.31. The molecule has 0 aromatic heterocycles. The predicted octanol–water partition coefficient (Wildman–Crippen LogP) is 2.88. The van der Waals surface area contributed by atoms with Gasteiger partial charge < -0.3 is 14.6 Å². The molecular weight excluding hydrogens is 284 g/mol. The first-order valence-electron chi connectivity index (χ1n) is 7.39. The van der Waals surface area contributed by atoms with Crippen molar-refractivity contribution in [3.8, 4) is 0 Å². The highest BCUT2D eigenvalue weighted by atomic mass is 16.5. The Morgan fingerprint density at radius 2 is 2.14 bits per heavy atom. The highest BCUT2D eigenvalue weighted by Gasteiger charge is 2.46. The van der Waals surface area contributed by atoms with Crippen molar-refractivity contribution in [3.63, 3.8) is 0 Å². The summed E-state index contributed by atoms with van der Waals surface area (Å²) in [4.78, 5) is 23.8. The van der Waals surface area contributed by atoms with E-state index in [0.717, 1.165) is 6.42 Å². The highest BCUT2D eigenvalue weighted by Crippen LogP contribution is 2.35. The Labute approximate surface area is 131 Å². The van der Waals surface area contributed by atoms with Gasteiger partial charge in [-0.2, -0.15) is 0 Å². The normalized spacial score (nSPS) is 23.5. The van der Waals surface area contributed by atoms with Gasteiger partial charge >= 0.3 is 5.97 Å². The molecule has 0 aromatic carbocycles. The molecule has 0 amide bonds. The Bertz CT molecular complexity index is 515. The molecule has 0 radical (unpaired) electrons. The van der Waals surface area contributed by atoms with E-state index in [1.54, 1.807) is 26.2 Å². The maximum Gasteiger partial charge on any atom is 0.342 e. The van der Waals surface area contributed by atoms with Crippen molar-refractivity contribution in [1.29, 1.82) is 0 Å². The van der Waals surface area contributed by atoms with E-state index in [9.17, 15) is 14.7 Å². The largest absolute Gasteiger partial charge is 0.479 e. The molecule has 0 saturated heterocycles. The number of carboxylic acids is 1. The molecule has 0 bridgehead atoms. The number of aliphatic carboxylic acids is 1. The van der Waals surface area contributed by atoms with Crippen molar-refractivity contribution >= 4 is 11.8 Å². The zero-order valence-electron chi connectivity index (χ0n) is 13.6. The van der Waals surface area contributed by atoms with Crippen LogP contribution in [-0.2, 0) is 19.1 Å². The number of allylic oxidation sites excluding steroid dienone is 4. The number of carbonyl (C=O) groups excluding carboxylic acids is 1. The second-order valence-corrected chi connectivity index (χ2v) is 5.60. The number of ketones is 1. The second-order valence-electron chi connectivity index (χ2n) is 5.60. The first-order valence-corrected chi connectivity index (χ1v) is 7.39. The fourth-order valence-electron chi connectivity index (χ4n) is 2.31. The van der Waals surface area contributed by atoms with Gasteiger partial charge in [0.25, 0.3) is 0 Å². The summed E-state index contributed by atoms with van der Waals surface area (Å²) in [6, 6.07) is 0. The predicted molar refractivity (Wildman–Crippen MR) is 83.4 cm³/mol. The van der Waals surface area contributed by atoms with E-state index >= 15 is 0 Å². The monoisotopic (exact) mass is 308 g/mol. The van der Waals surface area contributed by atoms with E-state index in [4.69, 9.17) is 9.47 Å². The zero-order chi connectivity index (χ0) is 16.8. The molecule has 22 heavy (non-hydrogen) atoms. The molecule has 0 saturated carbocycles. The molecule has 1 unspecified atom stereocenters. The lowest BCUT2D eigenvalue weighted by Gasteiger charge is -2.20. The summed E-state index contributed by atoms with van der Waals surface area (Å²) in [6.45, 7) is 5.98. The summed E-state index contributed by atoms with van der Waals surface area (Å²) >= 11 is 0. The quantitative estimate of drug-likeness (QED) is 0.551. The molecular formula is C17H24O5. The maximum atomic E-state index is 12.4. The number of ether oxygens (including phenoxy) is 2. The average Bonchev–Trinajstić information content (AvgIpc) is 2.67. The van der Waals surface area contributed by atoms with Crippen LogP contribution in [0.5, 0.6) is 0 Å². The van der Waals surface area contributed by atoms with Crippen molar-refractivity contribution in [3.05, 3.63) is 35.6 Å². The van der Waals surface area contributed by atoms with E-state index in [0.29, 0.717) is 13.0 Å². The van der Waals surface area contributed by atoms with Gasteiger partial charge in [0, 0.05) is 20.1 Å². The third kappa shape index (κ3) is 4.31. The van der Waals surface area contributed by atoms with Crippen LogP contribution in [0.15, 0.2) is 35.6 Å². The van der Waals surface area contributed by atoms with Crippen LogP contribution in [0.4, 0.5) is 0 Å². The fourth-order valence-corrected chi connectivity index (χ4v) is 2.31. The molecule has 1 N–H and O–H groups in total. The van der Waals surface area contributed by atoms with Gasteiger partial charge in [0.2, 0.25) is 5.78 Å².